The number of rotatable bonds is 7. The molecule has 1 fully saturated rings. The molecule has 0 saturated heterocycles. The highest BCUT2D eigenvalue weighted by molar-refractivity contribution is 7.90. The fourth-order valence-corrected chi connectivity index (χ4v) is 5.25. The number of halogens is 1. The predicted molar refractivity (Wildman–Crippen MR) is 116 cm³/mol. The van der Waals surface area contributed by atoms with Crippen LogP contribution in [0.25, 0.3) is 0 Å². The molecule has 1 aromatic heterocycles. The van der Waals surface area contributed by atoms with Gasteiger partial charge in [-0.25, -0.2) is 13.1 Å². The van der Waals surface area contributed by atoms with E-state index in [9.17, 15) is 18.0 Å². The van der Waals surface area contributed by atoms with Gasteiger partial charge in [0.1, 0.15) is 0 Å². The van der Waals surface area contributed by atoms with Gasteiger partial charge < -0.3 is 5.32 Å². The van der Waals surface area contributed by atoms with E-state index in [4.69, 9.17) is 11.6 Å². The van der Waals surface area contributed by atoms with Crippen molar-refractivity contribution >= 4 is 39.1 Å². The average Bonchev–Trinajstić information content (AvgIpc) is 3.36. The van der Waals surface area contributed by atoms with Gasteiger partial charge in [0.2, 0.25) is 11.8 Å². The Bertz CT molecular complexity index is 1040. The van der Waals surface area contributed by atoms with Gasteiger partial charge in [-0.2, -0.15) is 0 Å². The maximum absolute atomic E-state index is 13.1. The lowest BCUT2D eigenvalue weighted by Crippen LogP contribution is -2.24. The largest absolute Gasteiger partial charge is 0.309 e. The third kappa shape index (κ3) is 5.29. The summed E-state index contributed by atoms with van der Waals surface area (Å²) in [4.78, 5) is 25.0. The highest BCUT2D eigenvalue weighted by Crippen LogP contribution is 2.36. The molecule has 3 rings (SSSR count). The van der Waals surface area contributed by atoms with E-state index in [0.29, 0.717) is 30.1 Å². The zero-order valence-corrected chi connectivity index (χ0v) is 18.7. The van der Waals surface area contributed by atoms with Crippen LogP contribution in [0, 0.1) is 5.92 Å². The van der Waals surface area contributed by atoms with Gasteiger partial charge in [0, 0.05) is 24.9 Å². The van der Waals surface area contributed by atoms with E-state index in [-0.39, 0.29) is 21.7 Å². The molecule has 1 aliphatic carbocycles. The zero-order valence-electron chi connectivity index (χ0n) is 17.1. The fraction of sp³-hybridized carbons (Fsp3) is 0.476. The van der Waals surface area contributed by atoms with Crippen molar-refractivity contribution in [1.29, 1.82) is 0 Å². The van der Waals surface area contributed by atoms with Crippen molar-refractivity contribution in [2.24, 2.45) is 5.92 Å². The molecule has 30 heavy (non-hydrogen) atoms. The second-order valence-electron chi connectivity index (χ2n) is 7.78. The number of carbonyl (C=O) groups excluding carboxylic acids is 2. The fourth-order valence-electron chi connectivity index (χ4n) is 3.91. The van der Waals surface area contributed by atoms with E-state index >= 15 is 0 Å². The van der Waals surface area contributed by atoms with E-state index in [1.807, 2.05) is 0 Å². The van der Waals surface area contributed by atoms with Gasteiger partial charge in [-0.3, -0.25) is 9.59 Å². The Morgan fingerprint density at radius 1 is 1.27 bits per heavy atom. The Morgan fingerprint density at radius 3 is 2.57 bits per heavy atom. The Morgan fingerprint density at radius 2 is 1.97 bits per heavy atom. The lowest BCUT2D eigenvalue weighted by molar-refractivity contribution is -0.118. The van der Waals surface area contributed by atoms with Crippen molar-refractivity contribution in [3.8, 4) is 0 Å². The molecule has 1 amide bonds. The summed E-state index contributed by atoms with van der Waals surface area (Å²) < 4.78 is 24.9. The number of nitrogens with one attached hydrogen (secondary N) is 1. The van der Waals surface area contributed by atoms with Gasteiger partial charge in [0.25, 0.3) is 0 Å². The molecule has 0 spiro atoms. The molecular weight excluding hydrogens is 426 g/mol. The number of anilines is 1. The summed E-state index contributed by atoms with van der Waals surface area (Å²) in [6.45, 7) is 1.74. The molecule has 162 valence electrons. The standard InChI is InChI=1S/C21H26ClN3O4S/c1-3-20(26)25-11-10-19(24-25)23-21(27)16(12-14-6-4-5-7-14)15-8-9-18(17(22)13-15)30(2,28)29/h8-11,13-14,16H,3-7,12H2,1-2H3,(H,23,24,27)/t16-/m1/s1. The molecule has 1 N–H and O–H groups in total. The van der Waals surface area contributed by atoms with E-state index in [2.05, 4.69) is 10.4 Å². The first-order valence-corrected chi connectivity index (χ1v) is 12.3. The maximum Gasteiger partial charge on any atom is 0.246 e. The van der Waals surface area contributed by atoms with E-state index in [1.165, 1.54) is 16.9 Å². The number of amides is 1. The van der Waals surface area contributed by atoms with Crippen molar-refractivity contribution in [2.75, 3.05) is 11.6 Å². The number of nitrogens with zero attached hydrogens (tertiary/aromatic N) is 2. The normalized spacial score (nSPS) is 15.8. The minimum absolute atomic E-state index is 0.0461. The van der Waals surface area contributed by atoms with Crippen LogP contribution < -0.4 is 5.32 Å². The van der Waals surface area contributed by atoms with Gasteiger partial charge in [-0.05, 0) is 30.0 Å². The van der Waals surface area contributed by atoms with Crippen LogP contribution in [0.2, 0.25) is 5.02 Å². The number of sulfone groups is 1. The van der Waals surface area contributed by atoms with E-state index in [1.54, 1.807) is 25.1 Å². The van der Waals surface area contributed by atoms with E-state index in [0.717, 1.165) is 31.9 Å². The molecule has 7 nitrogen and oxygen atoms in total. The third-order valence-electron chi connectivity index (χ3n) is 5.52. The number of hydrogen-bond donors (Lipinski definition) is 1. The van der Waals surface area contributed by atoms with Gasteiger partial charge in [0.05, 0.1) is 15.8 Å². The molecule has 0 unspecified atom stereocenters. The average molecular weight is 452 g/mol. The highest BCUT2D eigenvalue weighted by atomic mass is 35.5. The van der Waals surface area contributed by atoms with Crippen LogP contribution in [0.15, 0.2) is 35.4 Å². The lowest BCUT2D eigenvalue weighted by atomic mass is 9.87. The Labute approximate surface area is 181 Å². The predicted octanol–water partition coefficient (Wildman–Crippen LogP) is 4.29. The van der Waals surface area contributed by atoms with Gasteiger partial charge in [0.15, 0.2) is 15.7 Å². The molecule has 1 aromatic carbocycles. The monoisotopic (exact) mass is 451 g/mol. The molecule has 0 radical (unpaired) electrons. The van der Waals surface area contributed by atoms with Crippen LogP contribution in [0.4, 0.5) is 5.82 Å². The van der Waals surface area contributed by atoms with Gasteiger partial charge >= 0.3 is 0 Å². The second kappa shape index (κ2) is 9.31. The van der Waals surface area contributed by atoms with Crippen LogP contribution in [0.3, 0.4) is 0 Å². The smallest absolute Gasteiger partial charge is 0.246 e. The third-order valence-corrected chi connectivity index (χ3v) is 7.10. The quantitative estimate of drug-likeness (QED) is 0.676. The topological polar surface area (TPSA) is 98.1 Å². The first-order chi connectivity index (χ1) is 14.2. The summed E-state index contributed by atoms with van der Waals surface area (Å²) in [5.41, 5.74) is 0.667. The van der Waals surface area contributed by atoms with Crippen molar-refractivity contribution in [2.45, 2.75) is 56.3 Å². The first-order valence-electron chi connectivity index (χ1n) is 10.1. The van der Waals surface area contributed by atoms with Gasteiger partial charge in [-0.1, -0.05) is 50.3 Å². The minimum Gasteiger partial charge on any atom is -0.309 e. The number of benzene rings is 1. The summed E-state index contributed by atoms with van der Waals surface area (Å²) in [5, 5.41) is 7.02. The Balaban J connectivity index is 1.86. The molecule has 1 aliphatic rings. The van der Waals surface area contributed by atoms with Crippen molar-refractivity contribution in [3.05, 3.63) is 41.0 Å². The van der Waals surface area contributed by atoms with Crippen LogP contribution in [0.5, 0.6) is 0 Å². The van der Waals surface area contributed by atoms with Gasteiger partial charge in [-0.15, -0.1) is 5.10 Å². The molecule has 0 bridgehead atoms. The summed E-state index contributed by atoms with van der Waals surface area (Å²) in [5.74, 6) is -0.183. The maximum atomic E-state index is 13.1. The molecule has 2 aromatic rings. The van der Waals surface area contributed by atoms with Crippen molar-refractivity contribution < 1.29 is 18.0 Å². The molecule has 9 heteroatoms. The summed E-state index contributed by atoms with van der Waals surface area (Å²) in [6.07, 6.45) is 8.01. The summed E-state index contributed by atoms with van der Waals surface area (Å²) >= 11 is 6.23. The van der Waals surface area contributed by atoms with Crippen LogP contribution in [-0.2, 0) is 14.6 Å². The summed E-state index contributed by atoms with van der Waals surface area (Å²) in [7, 11) is -3.45. The van der Waals surface area contributed by atoms with Crippen LogP contribution in [0.1, 0.15) is 61.7 Å². The van der Waals surface area contributed by atoms with Crippen molar-refractivity contribution in [1.82, 2.24) is 9.78 Å². The van der Waals surface area contributed by atoms with E-state index < -0.39 is 15.8 Å². The molecule has 1 saturated carbocycles. The Hall–Kier alpha value is -2.19. The number of carbonyl (C=O) groups is 2. The van der Waals surface area contributed by atoms with Crippen LogP contribution >= 0.6 is 11.6 Å². The number of aromatic nitrogens is 2. The summed E-state index contributed by atoms with van der Waals surface area (Å²) in [6, 6.07) is 6.26. The SMILES string of the molecule is CCC(=O)n1ccc(NC(=O)[C@H](CC2CCCC2)c2ccc(S(C)(=O)=O)c(Cl)c2)n1. The highest BCUT2D eigenvalue weighted by Gasteiger charge is 2.28. The van der Waals surface area contributed by atoms with Crippen LogP contribution in [-0.4, -0.2) is 36.3 Å². The minimum atomic E-state index is -3.45. The first kappa shape index (κ1) is 22.5. The molecule has 0 aliphatic heterocycles. The molecule has 1 atom stereocenters. The number of hydrogen-bond acceptors (Lipinski definition) is 5. The second-order valence-corrected chi connectivity index (χ2v) is 10.2. The zero-order chi connectivity index (χ0) is 21.9. The Kier molecular flexibility index (Phi) is 6.98. The molecular formula is C21H26ClN3O4S. The lowest BCUT2D eigenvalue weighted by Gasteiger charge is -2.21. The van der Waals surface area contributed by atoms with Crippen molar-refractivity contribution in [3.63, 3.8) is 0 Å². The molecule has 1 heterocycles.